The summed E-state index contributed by atoms with van der Waals surface area (Å²) in [5.41, 5.74) is 5.66. The van der Waals surface area contributed by atoms with E-state index in [-0.39, 0.29) is 12.4 Å². The maximum atomic E-state index is 11.5. The molecule has 19 heavy (non-hydrogen) atoms. The maximum Gasteiger partial charge on any atom is 0.311 e. The molecule has 98 valence electrons. The summed E-state index contributed by atoms with van der Waals surface area (Å²) in [7, 11) is 0. The Morgan fingerprint density at radius 1 is 1.21 bits per heavy atom. The van der Waals surface area contributed by atoms with E-state index < -0.39 is 0 Å². The third kappa shape index (κ3) is 6.31. The van der Waals surface area contributed by atoms with Crippen LogP contribution in [0.1, 0.15) is 32.8 Å². The molecule has 0 aliphatic heterocycles. The molecular weight excluding hydrogens is 236 g/mol. The largest absolute Gasteiger partial charge is 0.466 e. The molecule has 1 aromatic carbocycles. The molecule has 0 saturated heterocycles. The molecule has 0 aliphatic carbocycles. The van der Waals surface area contributed by atoms with Gasteiger partial charge < -0.3 is 4.74 Å². The van der Waals surface area contributed by atoms with E-state index in [9.17, 15) is 4.79 Å². The molecule has 0 aromatic heterocycles. The van der Waals surface area contributed by atoms with Gasteiger partial charge in [0.15, 0.2) is 0 Å². The zero-order chi connectivity index (χ0) is 14.1. The smallest absolute Gasteiger partial charge is 0.311 e. The summed E-state index contributed by atoms with van der Waals surface area (Å²) in [6.45, 7) is 6.02. The number of hydrogen-bond acceptors (Lipinski definition) is 2. The van der Waals surface area contributed by atoms with Gasteiger partial charge in [-0.2, -0.15) is 0 Å². The second-order valence-electron chi connectivity index (χ2n) is 4.20. The van der Waals surface area contributed by atoms with Crippen LogP contribution < -0.4 is 0 Å². The minimum Gasteiger partial charge on any atom is -0.466 e. The first-order valence-corrected chi connectivity index (χ1v) is 6.27. The Labute approximate surface area is 114 Å². The fourth-order valence-electron chi connectivity index (χ4n) is 1.45. The molecule has 0 bridgehead atoms. The number of esters is 1. The summed E-state index contributed by atoms with van der Waals surface area (Å²) in [6, 6.07) is 9.66. The topological polar surface area (TPSA) is 26.3 Å². The Kier molecular flexibility index (Phi) is 6.22. The molecule has 2 nitrogen and oxygen atoms in total. The highest BCUT2D eigenvalue weighted by Crippen LogP contribution is 2.04. The van der Waals surface area contributed by atoms with Crippen LogP contribution in [0.15, 0.2) is 47.2 Å². The summed E-state index contributed by atoms with van der Waals surface area (Å²) in [4.78, 5) is 11.5. The first kappa shape index (κ1) is 14.8. The molecule has 0 atom stereocenters. The van der Waals surface area contributed by atoms with Crippen LogP contribution in [-0.2, 0) is 9.53 Å². The van der Waals surface area contributed by atoms with Crippen molar-refractivity contribution in [3.63, 3.8) is 0 Å². The Bertz CT molecular complexity index is 546. The second-order valence-corrected chi connectivity index (χ2v) is 4.20. The molecular formula is C17H18O2. The number of hydrogen-bond donors (Lipinski definition) is 0. The Morgan fingerprint density at radius 3 is 2.47 bits per heavy atom. The lowest BCUT2D eigenvalue weighted by atomic mass is 10.1. The van der Waals surface area contributed by atoms with E-state index in [0.717, 1.165) is 11.1 Å². The maximum absolute atomic E-state index is 11.5. The van der Waals surface area contributed by atoms with Gasteiger partial charge in [0.1, 0.15) is 0 Å². The molecule has 0 amide bonds. The van der Waals surface area contributed by atoms with E-state index in [1.807, 2.05) is 44.2 Å². The summed E-state index contributed by atoms with van der Waals surface area (Å²) in [5, 5.41) is 0. The van der Waals surface area contributed by atoms with Gasteiger partial charge >= 0.3 is 5.97 Å². The monoisotopic (exact) mass is 254 g/mol. The molecule has 0 radical (unpaired) electrons. The highest BCUT2D eigenvalue weighted by atomic mass is 16.5. The van der Waals surface area contributed by atoms with Gasteiger partial charge in [-0.25, -0.2) is 0 Å². The number of rotatable bonds is 3. The van der Waals surface area contributed by atoms with Crippen molar-refractivity contribution in [1.29, 1.82) is 0 Å². The minimum absolute atomic E-state index is 0.166. The first-order valence-electron chi connectivity index (χ1n) is 6.27. The number of benzene rings is 1. The molecule has 0 aliphatic rings. The van der Waals surface area contributed by atoms with Crippen LogP contribution >= 0.6 is 0 Å². The van der Waals surface area contributed by atoms with Crippen LogP contribution in [-0.4, -0.2) is 12.6 Å². The van der Waals surface area contributed by atoms with Crippen LogP contribution in [0.4, 0.5) is 0 Å². The fourth-order valence-corrected chi connectivity index (χ4v) is 1.45. The average molecular weight is 254 g/mol. The van der Waals surface area contributed by atoms with Gasteiger partial charge in [0.05, 0.1) is 18.6 Å². The van der Waals surface area contributed by atoms with Crippen molar-refractivity contribution in [3.05, 3.63) is 52.8 Å². The fraction of sp³-hybridized carbons (Fsp3) is 0.294. The zero-order valence-electron chi connectivity index (χ0n) is 11.6. The predicted octanol–water partition coefficient (Wildman–Crippen LogP) is 3.48. The lowest BCUT2D eigenvalue weighted by Gasteiger charge is -1.99. The van der Waals surface area contributed by atoms with Gasteiger partial charge in [-0.3, -0.25) is 4.79 Å². The van der Waals surface area contributed by atoms with Crippen molar-refractivity contribution in [3.8, 4) is 11.8 Å². The average Bonchev–Trinajstić information content (AvgIpc) is 2.37. The quantitative estimate of drug-likeness (QED) is 0.469. The first-order chi connectivity index (χ1) is 9.11. The van der Waals surface area contributed by atoms with Crippen LogP contribution in [0.5, 0.6) is 0 Å². The van der Waals surface area contributed by atoms with Crippen molar-refractivity contribution in [2.45, 2.75) is 27.2 Å². The van der Waals surface area contributed by atoms with Crippen molar-refractivity contribution < 1.29 is 9.53 Å². The number of carbonyl (C=O) groups excluding carboxylic acids is 1. The molecule has 0 unspecified atom stereocenters. The van der Waals surface area contributed by atoms with E-state index in [1.54, 1.807) is 6.92 Å². The molecule has 0 spiro atoms. The van der Waals surface area contributed by atoms with E-state index in [2.05, 4.69) is 17.6 Å². The summed E-state index contributed by atoms with van der Waals surface area (Å²) in [6.07, 6.45) is 0.166. The van der Waals surface area contributed by atoms with Crippen molar-refractivity contribution in [2.24, 2.45) is 0 Å². The molecule has 0 saturated carbocycles. The predicted molar refractivity (Wildman–Crippen MR) is 76.5 cm³/mol. The molecule has 1 rings (SSSR count). The van der Waals surface area contributed by atoms with Crippen LogP contribution in [0.25, 0.3) is 0 Å². The van der Waals surface area contributed by atoms with Gasteiger partial charge in [0.2, 0.25) is 0 Å². The Hall–Kier alpha value is -2.23. The molecule has 2 heteroatoms. The van der Waals surface area contributed by atoms with Gasteiger partial charge in [-0.1, -0.05) is 30.0 Å². The van der Waals surface area contributed by atoms with Crippen LogP contribution in [0, 0.1) is 11.8 Å². The highest BCUT2D eigenvalue weighted by molar-refractivity contribution is 5.74. The van der Waals surface area contributed by atoms with Crippen molar-refractivity contribution in [1.82, 2.24) is 0 Å². The Balaban J connectivity index is 2.93. The third-order valence-corrected chi connectivity index (χ3v) is 2.16. The second kappa shape index (κ2) is 7.97. The van der Waals surface area contributed by atoms with Gasteiger partial charge in [-0.15, -0.1) is 5.73 Å². The lowest BCUT2D eigenvalue weighted by Crippen LogP contribution is -2.04. The molecule has 0 heterocycles. The highest BCUT2D eigenvalue weighted by Gasteiger charge is 2.04. The minimum atomic E-state index is -0.270. The Morgan fingerprint density at radius 2 is 1.89 bits per heavy atom. The number of carbonyl (C=O) groups is 1. The molecule has 0 N–H and O–H groups in total. The third-order valence-electron chi connectivity index (χ3n) is 2.16. The van der Waals surface area contributed by atoms with Crippen LogP contribution in [0.3, 0.4) is 0 Å². The van der Waals surface area contributed by atoms with Gasteiger partial charge in [-0.05, 0) is 38.5 Å². The standard InChI is InChI=1S/C17H18O2/c1-4-19-17(18)13-16(12-14(2)3)11-10-15-8-6-5-7-9-15/h5-9H,4,13H2,1-3H3. The van der Waals surface area contributed by atoms with Crippen molar-refractivity contribution >= 4 is 5.97 Å². The van der Waals surface area contributed by atoms with E-state index >= 15 is 0 Å². The summed E-state index contributed by atoms with van der Waals surface area (Å²) in [5.74, 6) is 5.75. The number of ether oxygens (including phenoxy) is 1. The molecule has 1 aromatic rings. The zero-order valence-corrected chi connectivity index (χ0v) is 11.6. The van der Waals surface area contributed by atoms with Crippen molar-refractivity contribution in [2.75, 3.05) is 6.61 Å². The van der Waals surface area contributed by atoms with E-state index in [0.29, 0.717) is 12.2 Å². The summed E-state index contributed by atoms with van der Waals surface area (Å²) < 4.78 is 4.93. The van der Waals surface area contributed by atoms with E-state index in [4.69, 9.17) is 4.74 Å². The van der Waals surface area contributed by atoms with Gasteiger partial charge in [0, 0.05) is 5.56 Å². The normalized spacial score (nSPS) is 8.79. The van der Waals surface area contributed by atoms with E-state index in [1.165, 1.54) is 0 Å². The summed E-state index contributed by atoms with van der Waals surface area (Å²) >= 11 is 0. The van der Waals surface area contributed by atoms with Gasteiger partial charge in [0.25, 0.3) is 0 Å². The molecule has 0 fully saturated rings. The lowest BCUT2D eigenvalue weighted by molar-refractivity contribution is -0.142. The SMILES string of the molecule is CCOC(=O)CC(=C=C(C)C)C#Cc1ccccc1. The van der Waals surface area contributed by atoms with Crippen LogP contribution in [0.2, 0.25) is 0 Å².